The van der Waals surface area contributed by atoms with E-state index in [0.717, 1.165) is 37.9 Å². The molecule has 1 aliphatic heterocycles. The molecular weight excluding hydrogens is 246 g/mol. The van der Waals surface area contributed by atoms with Gasteiger partial charge in [0.15, 0.2) is 0 Å². The molecule has 0 saturated carbocycles. The highest BCUT2D eigenvalue weighted by Crippen LogP contribution is 2.31. The summed E-state index contributed by atoms with van der Waals surface area (Å²) in [6.07, 6.45) is 0.799. The summed E-state index contributed by atoms with van der Waals surface area (Å²) in [6.45, 7) is 4.20. The normalized spacial score (nSPS) is 24.9. The molecule has 0 amide bonds. The topological polar surface area (TPSA) is 29.3 Å². The van der Waals surface area contributed by atoms with Crippen LogP contribution in [0.4, 0.5) is 8.78 Å². The number of nitrogens with zero attached hydrogens (tertiary/aromatic N) is 1. The summed E-state index contributed by atoms with van der Waals surface area (Å²) in [5, 5.41) is 0. The van der Waals surface area contributed by atoms with Crippen molar-refractivity contribution in [3.8, 4) is 0 Å². The van der Waals surface area contributed by atoms with E-state index >= 15 is 0 Å². The average Bonchev–Trinajstić information content (AvgIpc) is 2.39. The Morgan fingerprint density at radius 3 is 2.58 bits per heavy atom. The monoisotopic (exact) mass is 268 g/mol. The summed E-state index contributed by atoms with van der Waals surface area (Å²) >= 11 is 0. The van der Waals surface area contributed by atoms with E-state index < -0.39 is 6.43 Å². The van der Waals surface area contributed by atoms with Gasteiger partial charge in [-0.25, -0.2) is 8.78 Å². The van der Waals surface area contributed by atoms with Crippen molar-refractivity contribution in [3.05, 3.63) is 35.4 Å². The van der Waals surface area contributed by atoms with Crippen molar-refractivity contribution in [1.82, 2.24) is 4.90 Å². The average molecular weight is 268 g/mol. The first-order valence-electron chi connectivity index (χ1n) is 7.01. The number of hydrogen-bond donors (Lipinski definition) is 1. The van der Waals surface area contributed by atoms with Gasteiger partial charge in [0.05, 0.1) is 0 Å². The van der Waals surface area contributed by atoms with Crippen molar-refractivity contribution < 1.29 is 8.78 Å². The Labute approximate surface area is 113 Å². The van der Waals surface area contributed by atoms with Gasteiger partial charge in [-0.1, -0.05) is 31.2 Å². The number of alkyl halides is 2. The van der Waals surface area contributed by atoms with Gasteiger partial charge in [-0.05, 0) is 37.9 Å². The maximum absolute atomic E-state index is 12.6. The highest BCUT2D eigenvalue weighted by molar-refractivity contribution is 5.27. The lowest BCUT2D eigenvalue weighted by Crippen LogP contribution is -2.46. The molecule has 4 heteroatoms. The van der Waals surface area contributed by atoms with Gasteiger partial charge >= 0.3 is 0 Å². The Bertz CT molecular complexity index is 390. The van der Waals surface area contributed by atoms with Crippen molar-refractivity contribution in [2.45, 2.75) is 44.7 Å². The molecule has 0 aliphatic carbocycles. The van der Waals surface area contributed by atoms with Gasteiger partial charge in [-0.2, -0.15) is 0 Å². The zero-order valence-corrected chi connectivity index (χ0v) is 11.4. The Morgan fingerprint density at radius 1 is 1.32 bits per heavy atom. The lowest BCUT2D eigenvalue weighted by atomic mass is 9.90. The molecule has 1 heterocycles. The molecule has 2 rings (SSSR count). The molecule has 1 aliphatic rings. The third-order valence-corrected chi connectivity index (χ3v) is 3.82. The van der Waals surface area contributed by atoms with Crippen LogP contribution in [-0.4, -0.2) is 24.0 Å². The predicted molar refractivity (Wildman–Crippen MR) is 73.2 cm³/mol. The van der Waals surface area contributed by atoms with E-state index in [0.29, 0.717) is 0 Å². The minimum Gasteiger partial charge on any atom is -0.326 e. The summed E-state index contributed by atoms with van der Waals surface area (Å²) in [6, 6.07) is 6.91. The fourth-order valence-electron chi connectivity index (χ4n) is 2.93. The Morgan fingerprint density at radius 2 is 2.00 bits per heavy atom. The van der Waals surface area contributed by atoms with E-state index in [9.17, 15) is 8.78 Å². The minimum absolute atomic E-state index is 0.0789. The number of halogens is 2. The van der Waals surface area contributed by atoms with Gasteiger partial charge in [0, 0.05) is 17.6 Å². The molecule has 2 N–H and O–H groups in total. The molecule has 19 heavy (non-hydrogen) atoms. The molecule has 2 unspecified atom stereocenters. The number of nitrogens with two attached hydrogens (primary N) is 1. The quantitative estimate of drug-likeness (QED) is 0.905. The van der Waals surface area contributed by atoms with Gasteiger partial charge in [0.1, 0.15) is 0 Å². The van der Waals surface area contributed by atoms with Gasteiger partial charge in [-0.15, -0.1) is 0 Å². The van der Waals surface area contributed by atoms with Crippen LogP contribution in [0.5, 0.6) is 0 Å². The van der Waals surface area contributed by atoms with Gasteiger partial charge in [-0.3, -0.25) is 4.90 Å². The lowest BCUT2D eigenvalue weighted by Gasteiger charge is -2.40. The second kappa shape index (κ2) is 6.44. The van der Waals surface area contributed by atoms with Crippen LogP contribution >= 0.6 is 0 Å². The van der Waals surface area contributed by atoms with Crippen LogP contribution in [0.2, 0.25) is 0 Å². The van der Waals surface area contributed by atoms with Crippen molar-refractivity contribution in [2.24, 2.45) is 5.73 Å². The SMILES string of the molecule is CCCN1CCCC(N)C1c1ccc(C(F)F)cc1. The van der Waals surface area contributed by atoms with Gasteiger partial charge in [0.2, 0.25) is 0 Å². The van der Waals surface area contributed by atoms with E-state index in [1.54, 1.807) is 12.1 Å². The maximum atomic E-state index is 12.6. The second-order valence-electron chi connectivity index (χ2n) is 5.25. The molecular formula is C15H22F2N2. The molecule has 2 atom stereocenters. The highest BCUT2D eigenvalue weighted by atomic mass is 19.3. The third-order valence-electron chi connectivity index (χ3n) is 3.82. The van der Waals surface area contributed by atoms with E-state index in [-0.39, 0.29) is 17.6 Å². The summed E-state index contributed by atoms with van der Waals surface area (Å²) in [5.41, 5.74) is 7.38. The van der Waals surface area contributed by atoms with Crippen LogP contribution in [0, 0.1) is 0 Å². The summed E-state index contributed by atoms with van der Waals surface area (Å²) in [4.78, 5) is 2.38. The second-order valence-corrected chi connectivity index (χ2v) is 5.25. The van der Waals surface area contributed by atoms with E-state index in [4.69, 9.17) is 5.73 Å². The van der Waals surface area contributed by atoms with Crippen LogP contribution < -0.4 is 5.73 Å². The molecule has 1 saturated heterocycles. The van der Waals surface area contributed by atoms with Crippen LogP contribution in [0.25, 0.3) is 0 Å². The highest BCUT2D eigenvalue weighted by Gasteiger charge is 2.29. The molecule has 0 radical (unpaired) electrons. The first-order chi connectivity index (χ1) is 9.13. The minimum atomic E-state index is -2.40. The van der Waals surface area contributed by atoms with Gasteiger partial charge < -0.3 is 5.73 Å². The van der Waals surface area contributed by atoms with Crippen molar-refractivity contribution in [3.63, 3.8) is 0 Å². The van der Waals surface area contributed by atoms with E-state index in [1.807, 2.05) is 0 Å². The van der Waals surface area contributed by atoms with Crippen LogP contribution in [-0.2, 0) is 0 Å². The molecule has 1 aromatic rings. The van der Waals surface area contributed by atoms with E-state index in [1.165, 1.54) is 12.1 Å². The number of likely N-dealkylation sites (tertiary alicyclic amines) is 1. The molecule has 1 fully saturated rings. The zero-order valence-electron chi connectivity index (χ0n) is 11.4. The first kappa shape index (κ1) is 14.4. The van der Waals surface area contributed by atoms with Gasteiger partial charge in [0.25, 0.3) is 6.43 Å². The van der Waals surface area contributed by atoms with Crippen molar-refractivity contribution in [2.75, 3.05) is 13.1 Å². The number of rotatable bonds is 4. The van der Waals surface area contributed by atoms with Crippen LogP contribution in [0.15, 0.2) is 24.3 Å². The van der Waals surface area contributed by atoms with Crippen molar-refractivity contribution in [1.29, 1.82) is 0 Å². The predicted octanol–water partition coefficient (Wildman–Crippen LogP) is 3.50. The largest absolute Gasteiger partial charge is 0.326 e. The Balaban J connectivity index is 2.20. The molecule has 1 aromatic carbocycles. The molecule has 106 valence electrons. The molecule has 0 aromatic heterocycles. The zero-order chi connectivity index (χ0) is 13.8. The Kier molecular flexibility index (Phi) is 4.88. The third kappa shape index (κ3) is 3.31. The number of piperidine rings is 1. The fraction of sp³-hybridized carbons (Fsp3) is 0.600. The Hall–Kier alpha value is -1.00. The fourth-order valence-corrected chi connectivity index (χ4v) is 2.93. The van der Waals surface area contributed by atoms with Crippen LogP contribution in [0.3, 0.4) is 0 Å². The standard InChI is InChI=1S/C15H22F2N2/c1-2-9-19-10-3-4-13(18)14(19)11-5-7-12(8-6-11)15(16)17/h5-8,13-15H,2-4,9-10,18H2,1H3. The summed E-state index contributed by atoms with van der Waals surface area (Å²) < 4.78 is 25.2. The van der Waals surface area contributed by atoms with Crippen LogP contribution in [0.1, 0.15) is 49.8 Å². The van der Waals surface area contributed by atoms with Crippen molar-refractivity contribution >= 4 is 0 Å². The number of benzene rings is 1. The summed E-state index contributed by atoms with van der Waals surface area (Å²) in [5.74, 6) is 0. The molecule has 0 bridgehead atoms. The van der Waals surface area contributed by atoms with E-state index in [2.05, 4.69) is 11.8 Å². The summed E-state index contributed by atoms with van der Waals surface area (Å²) in [7, 11) is 0. The smallest absolute Gasteiger partial charge is 0.263 e. The lowest BCUT2D eigenvalue weighted by molar-refractivity contribution is 0.128. The first-order valence-corrected chi connectivity index (χ1v) is 7.01. The number of hydrogen-bond acceptors (Lipinski definition) is 2. The molecule has 2 nitrogen and oxygen atoms in total. The molecule has 0 spiro atoms. The maximum Gasteiger partial charge on any atom is 0.263 e.